The van der Waals surface area contributed by atoms with Gasteiger partial charge in [0.25, 0.3) is 5.91 Å². The third-order valence-electron chi connectivity index (χ3n) is 3.27. The quantitative estimate of drug-likeness (QED) is 0.824. The van der Waals surface area contributed by atoms with Crippen LogP contribution in [0, 0.1) is 18.3 Å². The summed E-state index contributed by atoms with van der Waals surface area (Å²) in [5, 5.41) is 15.1. The summed E-state index contributed by atoms with van der Waals surface area (Å²) in [6, 6.07) is 7.49. The molecule has 2 rings (SSSR count). The number of nitrogens with one attached hydrogen (secondary N) is 2. The Morgan fingerprint density at radius 1 is 1.44 bits per heavy atom. The lowest BCUT2D eigenvalue weighted by molar-refractivity contribution is 0.0929. The van der Waals surface area contributed by atoms with Gasteiger partial charge < -0.3 is 10.6 Å². The average molecular weight is 243 g/mol. The first-order valence-corrected chi connectivity index (χ1v) is 6.23. The average Bonchev–Trinajstić information content (AvgIpc) is 2.39. The van der Waals surface area contributed by atoms with E-state index in [2.05, 4.69) is 16.7 Å². The molecule has 1 heterocycles. The number of amides is 1. The van der Waals surface area contributed by atoms with Crippen molar-refractivity contribution in [3.05, 3.63) is 34.9 Å². The van der Waals surface area contributed by atoms with Crippen molar-refractivity contribution in [3.63, 3.8) is 0 Å². The van der Waals surface area contributed by atoms with E-state index in [1.165, 1.54) is 0 Å². The molecule has 2 N–H and O–H groups in total. The third-order valence-corrected chi connectivity index (χ3v) is 3.27. The van der Waals surface area contributed by atoms with Gasteiger partial charge in [0.1, 0.15) is 0 Å². The molecule has 4 heteroatoms. The highest BCUT2D eigenvalue weighted by Gasteiger charge is 2.17. The minimum Gasteiger partial charge on any atom is -0.349 e. The van der Waals surface area contributed by atoms with Crippen LogP contribution in [0.15, 0.2) is 18.2 Å². The zero-order valence-corrected chi connectivity index (χ0v) is 10.5. The van der Waals surface area contributed by atoms with Crippen molar-refractivity contribution in [2.24, 2.45) is 0 Å². The fraction of sp³-hybridized carbons (Fsp3) is 0.429. The van der Waals surface area contributed by atoms with Gasteiger partial charge in [0.15, 0.2) is 0 Å². The molecule has 4 nitrogen and oxygen atoms in total. The number of benzene rings is 1. The van der Waals surface area contributed by atoms with E-state index in [0.717, 1.165) is 31.5 Å². The Bertz CT molecular complexity index is 484. The molecule has 0 bridgehead atoms. The molecule has 1 aromatic carbocycles. The van der Waals surface area contributed by atoms with Gasteiger partial charge in [-0.25, -0.2) is 0 Å². The molecular weight excluding hydrogens is 226 g/mol. The fourth-order valence-electron chi connectivity index (χ4n) is 2.22. The summed E-state index contributed by atoms with van der Waals surface area (Å²) in [4.78, 5) is 12.1. The molecule has 0 radical (unpaired) electrons. The summed E-state index contributed by atoms with van der Waals surface area (Å²) in [5.74, 6) is -0.0381. The maximum absolute atomic E-state index is 12.1. The van der Waals surface area contributed by atoms with Gasteiger partial charge in [0.05, 0.1) is 11.6 Å². The molecule has 0 aliphatic carbocycles. The van der Waals surface area contributed by atoms with Gasteiger partial charge in [-0.2, -0.15) is 5.26 Å². The van der Waals surface area contributed by atoms with Crippen LogP contribution in [0.3, 0.4) is 0 Å². The lowest BCUT2D eigenvalue weighted by Gasteiger charge is -2.24. The van der Waals surface area contributed by atoms with E-state index >= 15 is 0 Å². The molecule has 1 aliphatic rings. The van der Waals surface area contributed by atoms with Crippen LogP contribution in [0.4, 0.5) is 0 Å². The number of carbonyl (C=O) groups excluding carboxylic acids is 1. The highest BCUT2D eigenvalue weighted by Crippen LogP contribution is 2.12. The van der Waals surface area contributed by atoms with Crippen molar-refractivity contribution in [1.29, 1.82) is 5.26 Å². The molecule has 18 heavy (non-hydrogen) atoms. The predicted octanol–water partition coefficient (Wildman–Crippen LogP) is 1.35. The summed E-state index contributed by atoms with van der Waals surface area (Å²) in [5.41, 5.74) is 2.10. The van der Waals surface area contributed by atoms with E-state index in [1.54, 1.807) is 18.2 Å². The Morgan fingerprint density at radius 3 is 2.78 bits per heavy atom. The van der Waals surface area contributed by atoms with Crippen LogP contribution >= 0.6 is 0 Å². The minimum absolute atomic E-state index is 0.0381. The standard InChI is InChI=1S/C14H17N3O/c1-10-8-11(9-15)2-3-13(10)14(18)17-12-4-6-16-7-5-12/h2-3,8,12,16H,4-7H2,1H3,(H,17,18). The molecular formula is C14H17N3O. The van der Waals surface area contributed by atoms with Gasteiger partial charge in [-0.05, 0) is 56.6 Å². The summed E-state index contributed by atoms with van der Waals surface area (Å²) < 4.78 is 0. The van der Waals surface area contributed by atoms with Crippen LogP contribution in [0.5, 0.6) is 0 Å². The van der Waals surface area contributed by atoms with Crippen molar-refractivity contribution in [2.75, 3.05) is 13.1 Å². The molecule has 0 unspecified atom stereocenters. The van der Waals surface area contributed by atoms with E-state index in [1.807, 2.05) is 6.92 Å². The number of nitriles is 1. The lowest BCUT2D eigenvalue weighted by Crippen LogP contribution is -2.42. The van der Waals surface area contributed by atoms with Gasteiger partial charge >= 0.3 is 0 Å². The van der Waals surface area contributed by atoms with Gasteiger partial charge in [-0.15, -0.1) is 0 Å². The fourth-order valence-corrected chi connectivity index (χ4v) is 2.22. The lowest BCUT2D eigenvalue weighted by atomic mass is 10.0. The van der Waals surface area contributed by atoms with Gasteiger partial charge in [0, 0.05) is 11.6 Å². The Morgan fingerprint density at radius 2 is 2.17 bits per heavy atom. The first-order chi connectivity index (χ1) is 8.70. The van der Waals surface area contributed by atoms with Crippen molar-refractivity contribution in [3.8, 4) is 6.07 Å². The maximum Gasteiger partial charge on any atom is 0.251 e. The van der Waals surface area contributed by atoms with Crippen LogP contribution in [-0.4, -0.2) is 25.0 Å². The van der Waals surface area contributed by atoms with Crippen molar-refractivity contribution in [2.45, 2.75) is 25.8 Å². The second-order valence-corrected chi connectivity index (χ2v) is 4.64. The summed E-state index contributed by atoms with van der Waals surface area (Å²) in [6.45, 7) is 3.77. The summed E-state index contributed by atoms with van der Waals surface area (Å²) in [7, 11) is 0. The van der Waals surface area contributed by atoms with Crippen LogP contribution in [0.1, 0.15) is 34.3 Å². The van der Waals surface area contributed by atoms with Crippen molar-refractivity contribution in [1.82, 2.24) is 10.6 Å². The zero-order valence-electron chi connectivity index (χ0n) is 10.5. The molecule has 0 aromatic heterocycles. The number of rotatable bonds is 2. The molecule has 94 valence electrons. The SMILES string of the molecule is Cc1cc(C#N)ccc1C(=O)NC1CCNCC1. The Balaban J connectivity index is 2.06. The summed E-state index contributed by atoms with van der Waals surface area (Å²) in [6.07, 6.45) is 1.95. The first kappa shape index (κ1) is 12.6. The van der Waals surface area contributed by atoms with Crippen LogP contribution in [-0.2, 0) is 0 Å². The molecule has 0 spiro atoms. The van der Waals surface area contributed by atoms with Gasteiger partial charge in [-0.3, -0.25) is 4.79 Å². The molecule has 1 aliphatic heterocycles. The molecule has 1 saturated heterocycles. The second-order valence-electron chi connectivity index (χ2n) is 4.64. The molecule has 1 fully saturated rings. The second kappa shape index (κ2) is 5.65. The summed E-state index contributed by atoms with van der Waals surface area (Å²) >= 11 is 0. The van der Waals surface area contributed by atoms with Crippen LogP contribution in [0.25, 0.3) is 0 Å². The largest absolute Gasteiger partial charge is 0.349 e. The topological polar surface area (TPSA) is 64.9 Å². The Labute approximate surface area is 107 Å². The van der Waals surface area contributed by atoms with E-state index in [4.69, 9.17) is 5.26 Å². The van der Waals surface area contributed by atoms with Gasteiger partial charge in [0.2, 0.25) is 0 Å². The number of carbonyl (C=O) groups is 1. The van der Waals surface area contributed by atoms with Crippen LogP contribution in [0.2, 0.25) is 0 Å². The molecule has 1 aromatic rings. The molecule has 0 atom stereocenters. The molecule has 1 amide bonds. The minimum atomic E-state index is -0.0381. The van der Waals surface area contributed by atoms with Crippen molar-refractivity contribution < 1.29 is 4.79 Å². The first-order valence-electron chi connectivity index (χ1n) is 6.23. The third kappa shape index (κ3) is 2.88. The smallest absolute Gasteiger partial charge is 0.251 e. The number of aryl methyl sites for hydroxylation is 1. The molecule has 0 saturated carbocycles. The Hall–Kier alpha value is -1.86. The predicted molar refractivity (Wildman–Crippen MR) is 69.3 cm³/mol. The highest BCUT2D eigenvalue weighted by molar-refractivity contribution is 5.95. The highest BCUT2D eigenvalue weighted by atomic mass is 16.1. The van der Waals surface area contributed by atoms with E-state index in [0.29, 0.717) is 11.1 Å². The maximum atomic E-state index is 12.1. The van der Waals surface area contributed by atoms with E-state index in [-0.39, 0.29) is 11.9 Å². The van der Waals surface area contributed by atoms with Crippen LogP contribution < -0.4 is 10.6 Å². The zero-order chi connectivity index (χ0) is 13.0. The van der Waals surface area contributed by atoms with E-state index in [9.17, 15) is 4.79 Å². The Kier molecular flexibility index (Phi) is 3.96. The van der Waals surface area contributed by atoms with Gasteiger partial charge in [-0.1, -0.05) is 0 Å². The monoisotopic (exact) mass is 243 g/mol. The number of nitrogens with zero attached hydrogens (tertiary/aromatic N) is 1. The number of hydrogen-bond acceptors (Lipinski definition) is 3. The van der Waals surface area contributed by atoms with E-state index < -0.39 is 0 Å². The normalized spacial score (nSPS) is 16.0. The number of piperidine rings is 1. The van der Waals surface area contributed by atoms with Crippen molar-refractivity contribution >= 4 is 5.91 Å². The number of hydrogen-bond donors (Lipinski definition) is 2.